The first kappa shape index (κ1) is 20.7. The van der Waals surface area contributed by atoms with Crippen molar-refractivity contribution in [1.29, 1.82) is 0 Å². The monoisotopic (exact) mass is 417 g/mol. The Hall–Kier alpha value is -3.07. The minimum absolute atomic E-state index is 0.0264. The molecule has 0 aromatic heterocycles. The molecule has 0 atom stereocenters. The Morgan fingerprint density at radius 3 is 2.55 bits per heavy atom. The highest BCUT2D eigenvalue weighted by Gasteiger charge is 2.24. The summed E-state index contributed by atoms with van der Waals surface area (Å²) in [5, 5.41) is 2.46. The average molecular weight is 417 g/mol. The van der Waals surface area contributed by atoms with Crippen molar-refractivity contribution in [3.05, 3.63) is 47.5 Å². The first-order valence-corrected chi connectivity index (χ1v) is 10.6. The van der Waals surface area contributed by atoms with Crippen molar-refractivity contribution >= 4 is 33.2 Å². The molecule has 0 aliphatic carbocycles. The second-order valence-corrected chi connectivity index (χ2v) is 8.38. The first-order valence-electron chi connectivity index (χ1n) is 9.11. The molecule has 0 unspecified atom stereocenters. The molecule has 1 aliphatic heterocycles. The number of amides is 2. The number of carbonyl (C=O) groups excluding carboxylic acids is 2. The number of rotatable bonds is 6. The number of sulfonamides is 1. The Balaban J connectivity index is 1.94. The van der Waals surface area contributed by atoms with E-state index in [1.54, 1.807) is 23.1 Å². The lowest BCUT2D eigenvalue weighted by Gasteiger charge is -2.20. The highest BCUT2D eigenvalue weighted by molar-refractivity contribution is 7.92. The van der Waals surface area contributed by atoms with Gasteiger partial charge in [-0.05, 0) is 49.2 Å². The van der Waals surface area contributed by atoms with E-state index in [-0.39, 0.29) is 22.1 Å². The van der Waals surface area contributed by atoms with Gasteiger partial charge in [0, 0.05) is 25.7 Å². The van der Waals surface area contributed by atoms with E-state index in [1.165, 1.54) is 32.4 Å². The fourth-order valence-corrected chi connectivity index (χ4v) is 4.32. The minimum atomic E-state index is -3.96. The van der Waals surface area contributed by atoms with Gasteiger partial charge in [0.25, 0.3) is 15.9 Å². The molecule has 8 nitrogen and oxygen atoms in total. The number of hydrogen-bond acceptors (Lipinski definition) is 5. The first-order chi connectivity index (χ1) is 13.8. The number of methoxy groups -OCH3 is 1. The fraction of sp³-hybridized carbons (Fsp3) is 0.300. The van der Waals surface area contributed by atoms with Gasteiger partial charge >= 0.3 is 0 Å². The topological polar surface area (TPSA) is 105 Å². The lowest BCUT2D eigenvalue weighted by atomic mass is 10.1. The van der Waals surface area contributed by atoms with Gasteiger partial charge < -0.3 is 15.0 Å². The van der Waals surface area contributed by atoms with Crippen LogP contribution in [-0.2, 0) is 14.8 Å². The minimum Gasteiger partial charge on any atom is -0.496 e. The third-order valence-electron chi connectivity index (χ3n) is 4.78. The molecule has 1 fully saturated rings. The molecule has 0 radical (unpaired) electrons. The van der Waals surface area contributed by atoms with E-state index < -0.39 is 15.9 Å². The Kier molecular flexibility index (Phi) is 5.78. The molecule has 9 heteroatoms. The lowest BCUT2D eigenvalue weighted by molar-refractivity contribution is -0.117. The van der Waals surface area contributed by atoms with E-state index in [1.807, 2.05) is 6.92 Å². The normalized spacial score (nSPS) is 14.0. The summed E-state index contributed by atoms with van der Waals surface area (Å²) >= 11 is 0. The molecule has 3 rings (SSSR count). The number of nitrogens with one attached hydrogen (secondary N) is 2. The summed E-state index contributed by atoms with van der Waals surface area (Å²) in [7, 11) is -1.10. The molecule has 1 aliphatic rings. The van der Waals surface area contributed by atoms with Gasteiger partial charge in [0.1, 0.15) is 5.75 Å². The van der Waals surface area contributed by atoms with Gasteiger partial charge in [0.2, 0.25) is 5.91 Å². The number of hydrogen-bond donors (Lipinski definition) is 2. The van der Waals surface area contributed by atoms with Crippen molar-refractivity contribution in [2.75, 3.05) is 30.3 Å². The van der Waals surface area contributed by atoms with Crippen LogP contribution in [-0.4, -0.2) is 40.9 Å². The maximum Gasteiger partial charge on any atom is 0.261 e. The van der Waals surface area contributed by atoms with E-state index in [0.717, 1.165) is 12.0 Å². The molecule has 2 aromatic carbocycles. The number of ether oxygens (including phenoxy) is 1. The van der Waals surface area contributed by atoms with Crippen LogP contribution in [0.2, 0.25) is 0 Å². The summed E-state index contributed by atoms with van der Waals surface area (Å²) in [6, 6.07) is 9.12. The summed E-state index contributed by atoms with van der Waals surface area (Å²) < 4.78 is 33.4. The van der Waals surface area contributed by atoms with Crippen LogP contribution >= 0.6 is 0 Å². The maximum absolute atomic E-state index is 12.9. The summed E-state index contributed by atoms with van der Waals surface area (Å²) in [4.78, 5) is 25.7. The molecule has 1 saturated heterocycles. The van der Waals surface area contributed by atoms with E-state index in [0.29, 0.717) is 24.3 Å². The van der Waals surface area contributed by atoms with Crippen LogP contribution in [0.3, 0.4) is 0 Å². The van der Waals surface area contributed by atoms with Crippen LogP contribution in [0.15, 0.2) is 41.3 Å². The number of aryl methyl sites for hydroxylation is 1. The Labute approximate surface area is 169 Å². The Bertz CT molecular complexity index is 1070. The molecule has 0 saturated carbocycles. The van der Waals surface area contributed by atoms with Gasteiger partial charge in [-0.2, -0.15) is 0 Å². The van der Waals surface area contributed by atoms with Gasteiger partial charge in [0.15, 0.2) is 0 Å². The number of nitrogens with zero attached hydrogens (tertiary/aromatic N) is 1. The molecule has 0 spiro atoms. The zero-order valence-corrected chi connectivity index (χ0v) is 17.3. The highest BCUT2D eigenvalue weighted by Crippen LogP contribution is 2.30. The highest BCUT2D eigenvalue weighted by atomic mass is 32.2. The predicted molar refractivity (Wildman–Crippen MR) is 110 cm³/mol. The van der Waals surface area contributed by atoms with Crippen LogP contribution in [0.1, 0.15) is 28.8 Å². The van der Waals surface area contributed by atoms with E-state index in [9.17, 15) is 18.0 Å². The maximum atomic E-state index is 12.9. The van der Waals surface area contributed by atoms with Crippen molar-refractivity contribution in [1.82, 2.24) is 5.32 Å². The Morgan fingerprint density at radius 1 is 1.17 bits per heavy atom. The number of carbonyl (C=O) groups is 2. The second kappa shape index (κ2) is 8.12. The van der Waals surface area contributed by atoms with E-state index in [4.69, 9.17) is 4.74 Å². The number of anilines is 2. The van der Waals surface area contributed by atoms with Gasteiger partial charge in [-0.25, -0.2) is 8.42 Å². The quantitative estimate of drug-likeness (QED) is 0.750. The van der Waals surface area contributed by atoms with Crippen molar-refractivity contribution in [2.45, 2.75) is 24.7 Å². The summed E-state index contributed by atoms with van der Waals surface area (Å²) in [5.74, 6) is -0.156. The average Bonchev–Trinajstić information content (AvgIpc) is 3.13. The van der Waals surface area contributed by atoms with Crippen LogP contribution in [0, 0.1) is 6.92 Å². The predicted octanol–water partition coefficient (Wildman–Crippen LogP) is 2.29. The third kappa shape index (κ3) is 4.19. The molecule has 2 amide bonds. The molecule has 0 bridgehead atoms. The largest absolute Gasteiger partial charge is 0.496 e. The van der Waals surface area contributed by atoms with Gasteiger partial charge in [-0.15, -0.1) is 0 Å². The van der Waals surface area contributed by atoms with Crippen molar-refractivity contribution in [3.8, 4) is 5.75 Å². The summed E-state index contributed by atoms with van der Waals surface area (Å²) in [6.45, 7) is 2.49. The molecular formula is C20H23N3O5S. The smallest absolute Gasteiger partial charge is 0.261 e. The fourth-order valence-electron chi connectivity index (χ4n) is 3.25. The SMILES string of the molecule is CNC(=O)c1cc(S(=O)(=O)Nc2ccc(C)c(N3CCCC3=O)c2)ccc1OC. The van der Waals surface area contributed by atoms with Crippen molar-refractivity contribution in [2.24, 2.45) is 0 Å². The number of benzene rings is 2. The van der Waals surface area contributed by atoms with E-state index >= 15 is 0 Å². The molecule has 29 heavy (non-hydrogen) atoms. The zero-order valence-electron chi connectivity index (χ0n) is 16.5. The third-order valence-corrected chi connectivity index (χ3v) is 6.16. The summed E-state index contributed by atoms with van der Waals surface area (Å²) in [6.07, 6.45) is 1.27. The lowest BCUT2D eigenvalue weighted by Crippen LogP contribution is -2.24. The van der Waals surface area contributed by atoms with E-state index in [2.05, 4.69) is 10.0 Å². The second-order valence-electron chi connectivity index (χ2n) is 6.70. The van der Waals surface area contributed by atoms with Crippen LogP contribution in [0.5, 0.6) is 5.75 Å². The molecular weight excluding hydrogens is 394 g/mol. The van der Waals surface area contributed by atoms with Crippen molar-refractivity contribution in [3.63, 3.8) is 0 Å². The van der Waals surface area contributed by atoms with Gasteiger partial charge in [-0.1, -0.05) is 6.07 Å². The Morgan fingerprint density at radius 2 is 1.93 bits per heavy atom. The molecule has 2 aromatic rings. The van der Waals surface area contributed by atoms with Crippen LogP contribution < -0.4 is 19.7 Å². The van der Waals surface area contributed by atoms with Crippen molar-refractivity contribution < 1.29 is 22.7 Å². The van der Waals surface area contributed by atoms with Crippen LogP contribution in [0.4, 0.5) is 11.4 Å². The zero-order chi connectivity index (χ0) is 21.2. The van der Waals surface area contributed by atoms with Crippen LogP contribution in [0.25, 0.3) is 0 Å². The molecule has 154 valence electrons. The standard InChI is InChI=1S/C20H23N3O5S/c1-13-6-7-14(11-17(13)23-10-4-5-19(23)24)22-29(26,27)15-8-9-18(28-3)16(12-15)20(25)21-2/h6-9,11-12,22H,4-5,10H2,1-3H3,(H,21,25). The molecule has 2 N–H and O–H groups in total. The molecule has 1 heterocycles. The van der Waals surface area contributed by atoms with Gasteiger partial charge in [0.05, 0.1) is 23.3 Å². The van der Waals surface area contributed by atoms with Gasteiger partial charge in [-0.3, -0.25) is 14.3 Å². The summed E-state index contributed by atoms with van der Waals surface area (Å²) in [5.41, 5.74) is 2.02.